The molecule has 3 aliphatic rings. The van der Waals surface area contributed by atoms with E-state index in [4.69, 9.17) is 4.74 Å². The Morgan fingerprint density at radius 1 is 1.00 bits per heavy atom. The van der Waals surface area contributed by atoms with Crippen molar-refractivity contribution in [2.24, 2.45) is 11.8 Å². The molecule has 2 atom stereocenters. The Morgan fingerprint density at radius 2 is 1.73 bits per heavy atom. The second-order valence-corrected chi connectivity index (χ2v) is 6.58. The number of nitrogens with one attached hydrogen (secondary N) is 1. The summed E-state index contributed by atoms with van der Waals surface area (Å²) < 4.78 is 5.30. The van der Waals surface area contributed by atoms with Crippen LogP contribution in [0.1, 0.15) is 25.7 Å². The number of hydrogen-bond acceptors (Lipinski definition) is 4. The molecular weight excluding hydrogens is 282 g/mol. The van der Waals surface area contributed by atoms with Gasteiger partial charge >= 0.3 is 0 Å². The Balaban J connectivity index is 1.34. The Hall–Kier alpha value is -1.14. The van der Waals surface area contributed by atoms with Crippen LogP contribution in [-0.4, -0.2) is 74.1 Å². The van der Waals surface area contributed by atoms with Gasteiger partial charge in [0.2, 0.25) is 11.8 Å². The van der Waals surface area contributed by atoms with Crippen LogP contribution in [0.5, 0.6) is 0 Å². The standard InChI is InChI=1S/C16H27N3O3/c20-15(17-4-7-18-8-10-22-11-9-18)13-12-14(13)16(21)19-5-2-1-3-6-19/h13-14H,1-12H2,(H,17,20). The van der Waals surface area contributed by atoms with E-state index < -0.39 is 0 Å². The van der Waals surface area contributed by atoms with Crippen LogP contribution in [0.4, 0.5) is 0 Å². The monoisotopic (exact) mass is 309 g/mol. The second kappa shape index (κ2) is 7.42. The molecule has 0 aromatic carbocycles. The first kappa shape index (κ1) is 15.7. The van der Waals surface area contributed by atoms with Gasteiger partial charge in [-0.25, -0.2) is 0 Å². The van der Waals surface area contributed by atoms with E-state index in [0.717, 1.165) is 65.2 Å². The fourth-order valence-corrected chi connectivity index (χ4v) is 3.40. The lowest BCUT2D eigenvalue weighted by Gasteiger charge is -2.27. The van der Waals surface area contributed by atoms with E-state index in [2.05, 4.69) is 10.2 Å². The van der Waals surface area contributed by atoms with Crippen LogP contribution >= 0.6 is 0 Å². The van der Waals surface area contributed by atoms with Gasteiger partial charge in [0.1, 0.15) is 0 Å². The molecule has 2 unspecified atom stereocenters. The second-order valence-electron chi connectivity index (χ2n) is 6.58. The lowest BCUT2D eigenvalue weighted by molar-refractivity contribution is -0.135. The van der Waals surface area contributed by atoms with Crippen molar-refractivity contribution in [1.82, 2.24) is 15.1 Å². The molecule has 0 radical (unpaired) electrons. The summed E-state index contributed by atoms with van der Waals surface area (Å²) in [7, 11) is 0. The zero-order valence-corrected chi connectivity index (χ0v) is 13.3. The summed E-state index contributed by atoms with van der Waals surface area (Å²) in [5.41, 5.74) is 0. The summed E-state index contributed by atoms with van der Waals surface area (Å²) in [6, 6.07) is 0. The number of rotatable bonds is 5. The van der Waals surface area contributed by atoms with E-state index in [-0.39, 0.29) is 23.7 Å². The minimum absolute atomic E-state index is 0.0542. The first-order chi connectivity index (χ1) is 10.8. The van der Waals surface area contributed by atoms with Crippen LogP contribution in [0.25, 0.3) is 0 Å². The number of ether oxygens (including phenoxy) is 1. The fraction of sp³-hybridized carbons (Fsp3) is 0.875. The van der Waals surface area contributed by atoms with Crippen LogP contribution < -0.4 is 5.32 Å². The van der Waals surface area contributed by atoms with Gasteiger partial charge in [0.15, 0.2) is 0 Å². The number of amides is 2. The van der Waals surface area contributed by atoms with Gasteiger partial charge in [-0.15, -0.1) is 0 Å². The average Bonchev–Trinajstić information content (AvgIpc) is 3.37. The Bertz CT molecular complexity index is 403. The molecule has 0 aromatic heterocycles. The van der Waals surface area contributed by atoms with Crippen LogP contribution in [0, 0.1) is 11.8 Å². The largest absolute Gasteiger partial charge is 0.379 e. The van der Waals surface area contributed by atoms with Crippen molar-refractivity contribution in [1.29, 1.82) is 0 Å². The van der Waals surface area contributed by atoms with Gasteiger partial charge in [0.25, 0.3) is 0 Å². The van der Waals surface area contributed by atoms with Gasteiger partial charge in [-0.3, -0.25) is 14.5 Å². The van der Waals surface area contributed by atoms with Gasteiger partial charge in [-0.2, -0.15) is 0 Å². The van der Waals surface area contributed by atoms with Gasteiger partial charge in [-0.1, -0.05) is 0 Å². The van der Waals surface area contributed by atoms with Gasteiger partial charge in [-0.05, 0) is 25.7 Å². The van der Waals surface area contributed by atoms with Gasteiger partial charge < -0.3 is 15.0 Å². The molecule has 3 rings (SSSR count). The molecule has 22 heavy (non-hydrogen) atoms. The van der Waals surface area contributed by atoms with Crippen molar-refractivity contribution >= 4 is 11.8 Å². The van der Waals surface area contributed by atoms with E-state index in [9.17, 15) is 9.59 Å². The summed E-state index contributed by atoms with van der Waals surface area (Å²) in [5.74, 6) is 0.122. The minimum Gasteiger partial charge on any atom is -0.379 e. The van der Waals surface area contributed by atoms with Crippen LogP contribution in [0.2, 0.25) is 0 Å². The highest BCUT2D eigenvalue weighted by Crippen LogP contribution is 2.40. The summed E-state index contributed by atoms with van der Waals surface area (Å²) >= 11 is 0. The normalized spacial score (nSPS) is 29.2. The van der Waals surface area contributed by atoms with Crippen molar-refractivity contribution in [2.75, 3.05) is 52.5 Å². The number of carbonyl (C=O) groups is 2. The Labute approximate surface area is 132 Å². The van der Waals surface area contributed by atoms with Crippen molar-refractivity contribution in [2.45, 2.75) is 25.7 Å². The van der Waals surface area contributed by atoms with Crippen molar-refractivity contribution in [3.05, 3.63) is 0 Å². The summed E-state index contributed by atoms with van der Waals surface area (Å²) in [4.78, 5) is 28.7. The molecule has 0 bridgehead atoms. The summed E-state index contributed by atoms with van der Waals surface area (Å²) in [6.07, 6.45) is 4.17. The number of piperidine rings is 1. The maximum absolute atomic E-state index is 12.3. The first-order valence-corrected chi connectivity index (χ1v) is 8.62. The molecule has 2 saturated heterocycles. The molecule has 1 saturated carbocycles. The molecular formula is C16H27N3O3. The first-order valence-electron chi connectivity index (χ1n) is 8.62. The number of morpholine rings is 1. The number of nitrogens with zero attached hydrogens (tertiary/aromatic N) is 2. The van der Waals surface area contributed by atoms with Crippen LogP contribution in [0.3, 0.4) is 0 Å². The third kappa shape index (κ3) is 3.98. The molecule has 2 amide bonds. The predicted octanol–water partition coefficient (Wildman–Crippen LogP) is 0.0834. The van der Waals surface area contributed by atoms with Gasteiger partial charge in [0, 0.05) is 39.3 Å². The van der Waals surface area contributed by atoms with E-state index in [1.807, 2.05) is 4.90 Å². The molecule has 0 spiro atoms. The minimum atomic E-state index is -0.0842. The third-order valence-corrected chi connectivity index (χ3v) is 4.94. The summed E-state index contributed by atoms with van der Waals surface area (Å²) in [5, 5.41) is 2.99. The third-order valence-electron chi connectivity index (χ3n) is 4.94. The topological polar surface area (TPSA) is 61.9 Å². The maximum Gasteiger partial charge on any atom is 0.226 e. The molecule has 1 N–H and O–H groups in total. The quantitative estimate of drug-likeness (QED) is 0.781. The average molecular weight is 309 g/mol. The van der Waals surface area contributed by atoms with Crippen LogP contribution in [0.15, 0.2) is 0 Å². The molecule has 6 heteroatoms. The number of carbonyl (C=O) groups excluding carboxylic acids is 2. The lowest BCUT2D eigenvalue weighted by atomic mass is 10.1. The molecule has 3 fully saturated rings. The van der Waals surface area contributed by atoms with E-state index in [1.165, 1.54) is 6.42 Å². The van der Waals surface area contributed by atoms with E-state index in [1.54, 1.807) is 0 Å². The molecule has 2 aliphatic heterocycles. The van der Waals surface area contributed by atoms with Crippen molar-refractivity contribution in [3.63, 3.8) is 0 Å². The Kier molecular flexibility index (Phi) is 5.31. The smallest absolute Gasteiger partial charge is 0.226 e. The SMILES string of the molecule is O=C(NCCN1CCOCC1)C1CC1C(=O)N1CCCCC1. The number of hydrogen-bond donors (Lipinski definition) is 1. The van der Waals surface area contributed by atoms with Crippen LogP contribution in [-0.2, 0) is 14.3 Å². The summed E-state index contributed by atoms with van der Waals surface area (Å²) in [6.45, 7) is 6.73. The Morgan fingerprint density at radius 3 is 2.45 bits per heavy atom. The highest BCUT2D eigenvalue weighted by Gasteiger charge is 2.49. The van der Waals surface area contributed by atoms with Gasteiger partial charge in [0.05, 0.1) is 25.0 Å². The molecule has 124 valence electrons. The predicted molar refractivity (Wildman–Crippen MR) is 82.3 cm³/mol. The molecule has 2 heterocycles. The van der Waals surface area contributed by atoms with E-state index >= 15 is 0 Å². The number of likely N-dealkylation sites (tertiary alicyclic amines) is 1. The highest BCUT2D eigenvalue weighted by molar-refractivity contribution is 5.92. The fourth-order valence-electron chi connectivity index (χ4n) is 3.40. The van der Waals surface area contributed by atoms with Crippen molar-refractivity contribution in [3.8, 4) is 0 Å². The molecule has 1 aliphatic carbocycles. The van der Waals surface area contributed by atoms with E-state index in [0.29, 0.717) is 6.54 Å². The zero-order chi connectivity index (χ0) is 15.4. The lowest BCUT2D eigenvalue weighted by Crippen LogP contribution is -2.42. The maximum atomic E-state index is 12.3. The molecule has 0 aromatic rings. The molecule has 6 nitrogen and oxygen atoms in total. The highest BCUT2D eigenvalue weighted by atomic mass is 16.5. The van der Waals surface area contributed by atoms with Crippen molar-refractivity contribution < 1.29 is 14.3 Å². The zero-order valence-electron chi connectivity index (χ0n) is 13.3.